The van der Waals surface area contributed by atoms with Crippen molar-refractivity contribution in [1.29, 1.82) is 0 Å². The lowest BCUT2D eigenvalue weighted by atomic mass is 10.3. The van der Waals surface area contributed by atoms with Gasteiger partial charge in [-0.1, -0.05) is 31.5 Å². The van der Waals surface area contributed by atoms with Gasteiger partial charge < -0.3 is 0 Å². The van der Waals surface area contributed by atoms with Crippen LogP contribution in [0.2, 0.25) is 0 Å². The predicted molar refractivity (Wildman–Crippen MR) is 41.8 cm³/mol. The number of allylic oxidation sites excluding steroid dienone is 2. The Morgan fingerprint density at radius 1 is 1.25 bits per heavy atom. The molecule has 1 saturated carbocycles. The first-order chi connectivity index (χ1) is 5.34. The summed E-state index contributed by atoms with van der Waals surface area (Å²) in [5, 5.41) is -0.983. The van der Waals surface area contributed by atoms with Crippen molar-refractivity contribution in [2.24, 2.45) is 17.8 Å². The van der Waals surface area contributed by atoms with E-state index >= 15 is 0 Å². The molecule has 0 bridgehead atoms. The summed E-state index contributed by atoms with van der Waals surface area (Å²) in [6, 6.07) is 0. The molecule has 0 nitrogen and oxygen atoms in total. The fraction of sp³-hybridized carbons (Fsp3) is 0.750. The smallest absolute Gasteiger partial charge is 0.165 e. The summed E-state index contributed by atoms with van der Waals surface area (Å²) in [6.45, 7) is 3.85. The minimum absolute atomic E-state index is 0.0131. The van der Waals surface area contributed by atoms with Crippen LogP contribution in [-0.2, 0) is 0 Å². The molecule has 1 aliphatic rings. The van der Waals surface area contributed by atoms with Crippen LogP contribution >= 0.6 is 11.6 Å². The van der Waals surface area contributed by atoms with Gasteiger partial charge in [-0.25, -0.2) is 0 Å². The Morgan fingerprint density at radius 3 is 1.92 bits per heavy atom. The van der Waals surface area contributed by atoms with Crippen molar-refractivity contribution in [2.45, 2.75) is 20.0 Å². The first kappa shape index (κ1) is 9.90. The summed E-state index contributed by atoms with van der Waals surface area (Å²) in [4.78, 5) is 0. The van der Waals surface area contributed by atoms with Crippen molar-refractivity contribution in [2.75, 3.05) is 0 Å². The monoisotopic (exact) mass is 198 g/mol. The van der Waals surface area contributed by atoms with Crippen molar-refractivity contribution in [3.05, 3.63) is 11.1 Å². The molecule has 1 aliphatic carbocycles. The summed E-state index contributed by atoms with van der Waals surface area (Å²) in [6.07, 6.45) is -3.25. The van der Waals surface area contributed by atoms with E-state index in [1.165, 1.54) is 0 Å². The minimum Gasteiger partial charge on any atom is -0.165 e. The van der Waals surface area contributed by atoms with Crippen molar-refractivity contribution in [3.8, 4) is 0 Å². The van der Waals surface area contributed by atoms with Crippen LogP contribution in [0.3, 0.4) is 0 Å². The van der Waals surface area contributed by atoms with Gasteiger partial charge in [-0.2, -0.15) is 13.2 Å². The van der Waals surface area contributed by atoms with Gasteiger partial charge >= 0.3 is 6.18 Å². The standard InChI is InChI=1S/C8H10ClF3/c1-4-5(2)6(4)3-7(9)8(10,11)12/h3-6H,1-2H3/b7-3-. The third-order valence-corrected chi connectivity index (χ3v) is 2.85. The topological polar surface area (TPSA) is 0 Å². The van der Waals surface area contributed by atoms with E-state index in [9.17, 15) is 13.2 Å². The maximum atomic E-state index is 11.9. The van der Waals surface area contributed by atoms with Crippen LogP contribution in [0.5, 0.6) is 0 Å². The second-order valence-corrected chi connectivity index (χ2v) is 3.72. The molecule has 0 aromatic rings. The number of halogens is 4. The molecule has 0 radical (unpaired) electrons. The summed E-state index contributed by atoms with van der Waals surface area (Å²) in [7, 11) is 0. The molecule has 2 unspecified atom stereocenters. The summed E-state index contributed by atoms with van der Waals surface area (Å²) < 4.78 is 35.7. The summed E-state index contributed by atoms with van der Waals surface area (Å²) in [5.41, 5.74) is 0. The fourth-order valence-electron chi connectivity index (χ4n) is 1.27. The molecular weight excluding hydrogens is 189 g/mol. The average Bonchev–Trinajstić information content (AvgIpc) is 2.43. The van der Waals surface area contributed by atoms with Crippen molar-refractivity contribution >= 4 is 11.6 Å². The van der Waals surface area contributed by atoms with Crippen LogP contribution in [0, 0.1) is 17.8 Å². The van der Waals surface area contributed by atoms with Crippen LogP contribution in [0.4, 0.5) is 13.2 Å². The van der Waals surface area contributed by atoms with Crippen LogP contribution in [0.1, 0.15) is 13.8 Å². The Balaban J connectivity index is 2.59. The summed E-state index contributed by atoms with van der Waals surface area (Å²) >= 11 is 5.06. The largest absolute Gasteiger partial charge is 0.426 e. The van der Waals surface area contributed by atoms with Crippen LogP contribution in [-0.4, -0.2) is 6.18 Å². The second kappa shape index (κ2) is 2.95. The average molecular weight is 199 g/mol. The van der Waals surface area contributed by atoms with E-state index in [0.717, 1.165) is 6.08 Å². The summed E-state index contributed by atoms with van der Waals surface area (Å²) in [5.74, 6) is 0.682. The van der Waals surface area contributed by atoms with Gasteiger partial charge in [0.2, 0.25) is 0 Å². The molecule has 0 aromatic carbocycles. The highest BCUT2D eigenvalue weighted by atomic mass is 35.5. The Morgan fingerprint density at radius 2 is 1.67 bits per heavy atom. The van der Waals surface area contributed by atoms with Gasteiger partial charge in [-0.3, -0.25) is 0 Å². The van der Waals surface area contributed by atoms with E-state index in [1.54, 1.807) is 0 Å². The zero-order valence-electron chi connectivity index (χ0n) is 6.82. The third kappa shape index (κ3) is 1.94. The Labute approximate surface area is 74.4 Å². The molecule has 0 aliphatic heterocycles. The predicted octanol–water partition coefficient (Wildman–Crippen LogP) is 3.57. The van der Waals surface area contributed by atoms with Crippen LogP contribution < -0.4 is 0 Å². The molecule has 70 valence electrons. The maximum Gasteiger partial charge on any atom is 0.426 e. The maximum absolute atomic E-state index is 11.9. The van der Waals surface area contributed by atoms with Gasteiger partial charge in [0.1, 0.15) is 5.03 Å². The molecule has 0 amide bonds. The molecule has 0 aromatic heterocycles. The normalized spacial score (nSPS) is 36.8. The minimum atomic E-state index is -4.37. The lowest BCUT2D eigenvalue weighted by Gasteiger charge is -2.02. The molecule has 0 spiro atoms. The second-order valence-electron chi connectivity index (χ2n) is 3.31. The van der Waals surface area contributed by atoms with Gasteiger partial charge in [0.25, 0.3) is 0 Å². The molecule has 2 atom stereocenters. The van der Waals surface area contributed by atoms with Gasteiger partial charge in [-0.15, -0.1) is 0 Å². The van der Waals surface area contributed by atoms with Gasteiger partial charge in [0, 0.05) is 0 Å². The molecular formula is C8H10ClF3. The molecule has 0 saturated heterocycles. The van der Waals surface area contributed by atoms with Crippen LogP contribution in [0.25, 0.3) is 0 Å². The Bertz CT molecular complexity index is 199. The molecule has 1 fully saturated rings. The number of alkyl halides is 3. The lowest BCUT2D eigenvalue weighted by Crippen LogP contribution is -2.07. The van der Waals surface area contributed by atoms with Gasteiger partial charge in [-0.05, 0) is 17.8 Å². The van der Waals surface area contributed by atoms with E-state index in [4.69, 9.17) is 11.6 Å². The number of hydrogen-bond donors (Lipinski definition) is 0. The fourth-order valence-corrected chi connectivity index (χ4v) is 1.41. The van der Waals surface area contributed by atoms with E-state index in [2.05, 4.69) is 0 Å². The molecule has 1 rings (SSSR count). The Hall–Kier alpha value is -0.180. The first-order valence-corrected chi connectivity index (χ1v) is 4.16. The third-order valence-electron chi connectivity index (χ3n) is 2.51. The van der Waals surface area contributed by atoms with E-state index in [-0.39, 0.29) is 5.92 Å². The number of rotatable bonds is 1. The molecule has 12 heavy (non-hydrogen) atoms. The SMILES string of the molecule is CC1C(C)C1/C=C(\Cl)C(F)(F)F. The van der Waals surface area contributed by atoms with Crippen LogP contribution in [0.15, 0.2) is 11.1 Å². The highest BCUT2D eigenvalue weighted by Gasteiger charge is 2.43. The van der Waals surface area contributed by atoms with Crippen molar-refractivity contribution in [1.82, 2.24) is 0 Å². The lowest BCUT2D eigenvalue weighted by molar-refractivity contribution is -0.0848. The van der Waals surface area contributed by atoms with E-state index < -0.39 is 11.2 Å². The van der Waals surface area contributed by atoms with Gasteiger partial charge in [0.15, 0.2) is 0 Å². The quantitative estimate of drug-likeness (QED) is 0.604. The highest BCUT2D eigenvalue weighted by Crippen LogP contribution is 2.48. The Kier molecular flexibility index (Phi) is 2.43. The van der Waals surface area contributed by atoms with Crippen molar-refractivity contribution in [3.63, 3.8) is 0 Å². The highest BCUT2D eigenvalue weighted by molar-refractivity contribution is 6.30. The zero-order valence-corrected chi connectivity index (χ0v) is 7.58. The molecule has 0 heterocycles. The van der Waals surface area contributed by atoms with E-state index in [0.29, 0.717) is 11.8 Å². The molecule has 0 N–H and O–H groups in total. The van der Waals surface area contributed by atoms with Gasteiger partial charge in [0.05, 0.1) is 0 Å². The molecule has 4 heteroatoms. The first-order valence-electron chi connectivity index (χ1n) is 3.78. The van der Waals surface area contributed by atoms with E-state index in [1.807, 2.05) is 13.8 Å². The van der Waals surface area contributed by atoms with Crippen molar-refractivity contribution < 1.29 is 13.2 Å². The zero-order chi connectivity index (χ0) is 9.52. The number of hydrogen-bond acceptors (Lipinski definition) is 0.